The van der Waals surface area contributed by atoms with Crippen molar-refractivity contribution in [2.75, 3.05) is 30.8 Å². The van der Waals surface area contributed by atoms with E-state index in [2.05, 4.69) is 5.10 Å². The number of aryl methyl sites for hydroxylation is 1. The largest absolute Gasteiger partial charge is 0.383 e. The lowest BCUT2D eigenvalue weighted by Crippen LogP contribution is -2.52. The molecule has 1 aliphatic rings. The molecule has 2 N–H and O–H groups in total. The third kappa shape index (κ3) is 2.20. The summed E-state index contributed by atoms with van der Waals surface area (Å²) in [7, 11) is 3.38. The number of nitrogens with two attached hydrogens (primary N) is 1. The summed E-state index contributed by atoms with van der Waals surface area (Å²) in [6, 6.07) is 7.40. The first-order valence-corrected chi connectivity index (χ1v) is 6.90. The van der Waals surface area contributed by atoms with Gasteiger partial charge in [-0.1, -0.05) is 18.2 Å². The number of likely N-dealkylation sites (N-methyl/N-ethyl adjacent to an activating group) is 1. The lowest BCUT2D eigenvalue weighted by molar-refractivity contribution is -0.136. The molecule has 0 unspecified atom stereocenters. The van der Waals surface area contributed by atoms with Crippen molar-refractivity contribution in [2.24, 2.45) is 7.05 Å². The Hall–Kier alpha value is -2.83. The fourth-order valence-electron chi connectivity index (χ4n) is 2.53. The van der Waals surface area contributed by atoms with Gasteiger partial charge in [0.1, 0.15) is 12.4 Å². The second-order valence-electron chi connectivity index (χ2n) is 5.31. The summed E-state index contributed by atoms with van der Waals surface area (Å²) >= 11 is 0. The van der Waals surface area contributed by atoms with Crippen LogP contribution in [0.5, 0.6) is 0 Å². The highest BCUT2D eigenvalue weighted by Gasteiger charge is 2.30. The van der Waals surface area contributed by atoms with Crippen LogP contribution in [-0.2, 0) is 16.6 Å². The summed E-state index contributed by atoms with van der Waals surface area (Å²) in [5, 5.41) is 4.14. The molecule has 114 valence electrons. The fourth-order valence-corrected chi connectivity index (χ4v) is 2.53. The van der Waals surface area contributed by atoms with Gasteiger partial charge in [-0.05, 0) is 6.07 Å². The van der Waals surface area contributed by atoms with E-state index >= 15 is 0 Å². The molecule has 0 saturated carbocycles. The van der Waals surface area contributed by atoms with Crippen molar-refractivity contribution in [1.82, 2.24) is 14.7 Å². The maximum Gasteiger partial charge on any atom is 0.247 e. The second-order valence-corrected chi connectivity index (χ2v) is 5.31. The van der Waals surface area contributed by atoms with Gasteiger partial charge in [0.05, 0.1) is 18.4 Å². The molecule has 1 aromatic heterocycles. The van der Waals surface area contributed by atoms with Gasteiger partial charge in [0.25, 0.3) is 0 Å². The van der Waals surface area contributed by atoms with Crippen molar-refractivity contribution in [3.05, 3.63) is 30.5 Å². The van der Waals surface area contributed by atoms with E-state index in [1.807, 2.05) is 24.3 Å². The van der Waals surface area contributed by atoms with Crippen LogP contribution in [0.3, 0.4) is 0 Å². The number of amides is 2. The molecule has 1 aromatic carbocycles. The Morgan fingerprint density at radius 1 is 1.05 bits per heavy atom. The van der Waals surface area contributed by atoms with E-state index < -0.39 is 0 Å². The lowest BCUT2D eigenvalue weighted by atomic mass is 10.0. The van der Waals surface area contributed by atoms with E-state index in [4.69, 9.17) is 5.73 Å². The van der Waals surface area contributed by atoms with Gasteiger partial charge in [-0.25, -0.2) is 0 Å². The first-order chi connectivity index (χ1) is 10.5. The number of nitrogen functional groups attached to an aromatic ring is 1. The van der Waals surface area contributed by atoms with Crippen molar-refractivity contribution >= 4 is 23.3 Å². The number of aromatic nitrogens is 2. The zero-order chi connectivity index (χ0) is 15.9. The maximum atomic E-state index is 12.3. The van der Waals surface area contributed by atoms with Gasteiger partial charge in [0.2, 0.25) is 11.8 Å². The first kappa shape index (κ1) is 14.1. The van der Waals surface area contributed by atoms with Crippen LogP contribution < -0.4 is 10.6 Å². The van der Waals surface area contributed by atoms with Gasteiger partial charge in [0.15, 0.2) is 0 Å². The predicted octanol–water partition coefficient (Wildman–Crippen LogP) is 0.474. The smallest absolute Gasteiger partial charge is 0.247 e. The summed E-state index contributed by atoms with van der Waals surface area (Å²) in [6.07, 6.45) is 1.66. The van der Waals surface area contributed by atoms with Crippen molar-refractivity contribution in [3.8, 4) is 11.1 Å². The molecule has 2 aromatic rings. The molecular formula is C15H17N5O2. The van der Waals surface area contributed by atoms with Gasteiger partial charge in [-0.2, -0.15) is 5.10 Å². The molecule has 1 saturated heterocycles. The molecule has 0 radical (unpaired) electrons. The Morgan fingerprint density at radius 2 is 1.77 bits per heavy atom. The van der Waals surface area contributed by atoms with E-state index in [9.17, 15) is 9.59 Å². The highest BCUT2D eigenvalue weighted by atomic mass is 16.2. The number of hydrogen-bond acceptors (Lipinski definition) is 4. The quantitative estimate of drug-likeness (QED) is 0.874. The standard InChI is InChI=1S/C15H17N5O2/c1-18-8-14(22)20(9-13(18)21)12-6-4-3-5-10(12)11-7-17-19(2)15(11)16/h3-7H,8-9,16H2,1-2H3. The van der Waals surface area contributed by atoms with Crippen LogP contribution in [0.2, 0.25) is 0 Å². The molecule has 0 atom stereocenters. The van der Waals surface area contributed by atoms with Crippen molar-refractivity contribution in [3.63, 3.8) is 0 Å². The Kier molecular flexibility index (Phi) is 3.32. The van der Waals surface area contributed by atoms with Crippen LogP contribution in [0, 0.1) is 0 Å². The first-order valence-electron chi connectivity index (χ1n) is 6.90. The minimum Gasteiger partial charge on any atom is -0.383 e. The Balaban J connectivity index is 2.07. The Labute approximate surface area is 127 Å². The van der Waals surface area contributed by atoms with E-state index in [1.54, 1.807) is 25.0 Å². The molecule has 1 aliphatic heterocycles. The monoisotopic (exact) mass is 299 g/mol. The molecule has 3 rings (SSSR count). The molecule has 22 heavy (non-hydrogen) atoms. The number of hydrogen-bond donors (Lipinski definition) is 1. The van der Waals surface area contributed by atoms with E-state index in [0.29, 0.717) is 11.5 Å². The number of carbonyl (C=O) groups is 2. The zero-order valence-corrected chi connectivity index (χ0v) is 12.5. The zero-order valence-electron chi connectivity index (χ0n) is 12.5. The summed E-state index contributed by atoms with van der Waals surface area (Å²) < 4.78 is 1.57. The van der Waals surface area contributed by atoms with Gasteiger partial charge in [-0.15, -0.1) is 0 Å². The molecule has 7 heteroatoms. The number of anilines is 2. The molecule has 0 spiro atoms. The predicted molar refractivity (Wildman–Crippen MR) is 83.0 cm³/mol. The molecule has 0 aliphatic carbocycles. The number of carbonyl (C=O) groups excluding carboxylic acids is 2. The Morgan fingerprint density at radius 3 is 2.45 bits per heavy atom. The molecular weight excluding hydrogens is 282 g/mol. The highest BCUT2D eigenvalue weighted by molar-refractivity contribution is 6.07. The average molecular weight is 299 g/mol. The summed E-state index contributed by atoms with van der Waals surface area (Å²) in [4.78, 5) is 27.2. The lowest BCUT2D eigenvalue weighted by Gasteiger charge is -2.32. The van der Waals surface area contributed by atoms with Gasteiger partial charge in [0, 0.05) is 25.2 Å². The summed E-state index contributed by atoms with van der Waals surface area (Å²) in [6.45, 7) is 0.113. The number of para-hydroxylation sites is 1. The minimum atomic E-state index is -0.114. The third-order valence-corrected chi connectivity index (χ3v) is 3.86. The normalized spacial score (nSPS) is 15.5. The average Bonchev–Trinajstić information content (AvgIpc) is 2.83. The molecule has 2 amide bonds. The summed E-state index contributed by atoms with van der Waals surface area (Å²) in [5.74, 6) is 0.311. The topological polar surface area (TPSA) is 84.5 Å². The molecule has 2 heterocycles. The highest BCUT2D eigenvalue weighted by Crippen LogP contribution is 2.34. The number of piperazine rings is 1. The fraction of sp³-hybridized carbons (Fsp3) is 0.267. The van der Waals surface area contributed by atoms with Crippen molar-refractivity contribution < 1.29 is 9.59 Å². The van der Waals surface area contributed by atoms with E-state index in [0.717, 1.165) is 11.1 Å². The van der Waals surface area contributed by atoms with Gasteiger partial charge >= 0.3 is 0 Å². The summed E-state index contributed by atoms with van der Waals surface area (Å²) in [5.41, 5.74) is 8.25. The van der Waals surface area contributed by atoms with Crippen molar-refractivity contribution in [1.29, 1.82) is 0 Å². The molecule has 0 bridgehead atoms. The van der Waals surface area contributed by atoms with Gasteiger partial charge in [-0.3, -0.25) is 14.3 Å². The van der Waals surface area contributed by atoms with Crippen LogP contribution in [0.1, 0.15) is 0 Å². The Bertz CT molecular complexity index is 752. The number of benzene rings is 1. The van der Waals surface area contributed by atoms with Crippen LogP contribution in [0.25, 0.3) is 11.1 Å². The number of nitrogens with zero attached hydrogens (tertiary/aromatic N) is 4. The third-order valence-electron chi connectivity index (χ3n) is 3.86. The van der Waals surface area contributed by atoms with Crippen LogP contribution in [0.15, 0.2) is 30.5 Å². The van der Waals surface area contributed by atoms with Crippen LogP contribution in [0.4, 0.5) is 11.5 Å². The SMILES string of the molecule is CN1CC(=O)N(c2ccccc2-c2cnn(C)c2N)CC1=O. The van der Waals surface area contributed by atoms with Crippen molar-refractivity contribution in [2.45, 2.75) is 0 Å². The molecule has 7 nitrogen and oxygen atoms in total. The second kappa shape index (κ2) is 5.18. The number of rotatable bonds is 2. The molecule has 1 fully saturated rings. The van der Waals surface area contributed by atoms with Crippen LogP contribution >= 0.6 is 0 Å². The van der Waals surface area contributed by atoms with E-state index in [1.165, 1.54) is 9.80 Å². The van der Waals surface area contributed by atoms with Crippen LogP contribution in [-0.4, -0.2) is 46.6 Å². The minimum absolute atomic E-state index is 0.0342. The van der Waals surface area contributed by atoms with Gasteiger partial charge < -0.3 is 15.5 Å². The van der Waals surface area contributed by atoms with E-state index in [-0.39, 0.29) is 24.9 Å². The maximum absolute atomic E-state index is 12.3.